The number of nitrogens with zero attached hydrogens (tertiary/aromatic N) is 2. The number of anilines is 2. The van der Waals surface area contributed by atoms with E-state index in [9.17, 15) is 9.59 Å². The summed E-state index contributed by atoms with van der Waals surface area (Å²) < 4.78 is 0. The van der Waals surface area contributed by atoms with E-state index in [2.05, 4.69) is 0 Å². The van der Waals surface area contributed by atoms with E-state index < -0.39 is 12.0 Å². The highest BCUT2D eigenvalue weighted by Crippen LogP contribution is 2.47. The van der Waals surface area contributed by atoms with Crippen molar-refractivity contribution in [2.24, 2.45) is 5.92 Å². The number of para-hydroxylation sites is 2. The molecule has 0 N–H and O–H groups in total. The number of hydroxylamine groups is 1. The van der Waals surface area contributed by atoms with Gasteiger partial charge in [-0.25, -0.2) is 9.96 Å². The van der Waals surface area contributed by atoms with Crippen LogP contribution in [0.25, 0.3) is 0 Å². The van der Waals surface area contributed by atoms with Crippen LogP contribution in [0, 0.1) is 5.92 Å². The fraction of sp³-hybridized carbons (Fsp3) is 0.130. The fourth-order valence-electron chi connectivity index (χ4n) is 4.03. The molecule has 0 unspecified atom stereocenters. The van der Waals surface area contributed by atoms with Crippen molar-refractivity contribution in [3.8, 4) is 0 Å². The predicted octanol–water partition coefficient (Wildman–Crippen LogP) is 3.74. The molecule has 138 valence electrons. The van der Waals surface area contributed by atoms with Gasteiger partial charge in [0.1, 0.15) is 5.92 Å². The van der Waals surface area contributed by atoms with Crippen molar-refractivity contribution in [2.75, 3.05) is 9.96 Å². The molecule has 2 fully saturated rings. The first-order valence-corrected chi connectivity index (χ1v) is 9.24. The molecule has 0 aromatic heterocycles. The van der Waals surface area contributed by atoms with E-state index in [0.717, 1.165) is 11.3 Å². The van der Waals surface area contributed by atoms with E-state index in [1.807, 2.05) is 78.9 Å². The minimum absolute atomic E-state index is 0.228. The lowest BCUT2D eigenvalue weighted by Crippen LogP contribution is -2.37. The van der Waals surface area contributed by atoms with Crippen LogP contribution in [-0.2, 0) is 14.4 Å². The Kier molecular flexibility index (Phi) is 3.95. The van der Waals surface area contributed by atoms with E-state index in [1.54, 1.807) is 17.2 Å². The molecular formula is C23H18N2O3. The number of imide groups is 1. The summed E-state index contributed by atoms with van der Waals surface area (Å²) in [5.41, 5.74) is 2.33. The van der Waals surface area contributed by atoms with Gasteiger partial charge in [0.2, 0.25) is 5.91 Å². The number of carbonyl (C=O) groups is 2. The van der Waals surface area contributed by atoms with Gasteiger partial charge in [-0.2, -0.15) is 0 Å². The topological polar surface area (TPSA) is 49.9 Å². The Morgan fingerprint density at radius 1 is 0.643 bits per heavy atom. The molecule has 0 radical (unpaired) electrons. The second-order valence-corrected chi connectivity index (χ2v) is 6.92. The van der Waals surface area contributed by atoms with Crippen LogP contribution in [0.4, 0.5) is 11.4 Å². The van der Waals surface area contributed by atoms with E-state index in [1.165, 1.54) is 4.90 Å². The Morgan fingerprint density at radius 3 is 1.79 bits per heavy atom. The van der Waals surface area contributed by atoms with Crippen LogP contribution in [0.2, 0.25) is 0 Å². The van der Waals surface area contributed by atoms with Gasteiger partial charge < -0.3 is 0 Å². The van der Waals surface area contributed by atoms with Crippen LogP contribution < -0.4 is 9.96 Å². The normalized spacial score (nSPS) is 23.9. The summed E-state index contributed by atoms with van der Waals surface area (Å²) >= 11 is 0. The molecule has 0 aliphatic carbocycles. The van der Waals surface area contributed by atoms with Crippen molar-refractivity contribution < 1.29 is 14.4 Å². The monoisotopic (exact) mass is 370 g/mol. The maximum Gasteiger partial charge on any atom is 0.266 e. The molecule has 2 heterocycles. The number of rotatable bonds is 3. The summed E-state index contributed by atoms with van der Waals surface area (Å²) in [4.78, 5) is 33.8. The third kappa shape index (κ3) is 2.52. The molecule has 2 amide bonds. The Labute approximate surface area is 162 Å². The maximum absolute atomic E-state index is 13.4. The van der Waals surface area contributed by atoms with Crippen LogP contribution in [-0.4, -0.2) is 17.9 Å². The molecule has 5 rings (SSSR count). The number of amides is 2. The third-order valence-corrected chi connectivity index (χ3v) is 5.28. The smallest absolute Gasteiger partial charge is 0.266 e. The fourth-order valence-corrected chi connectivity index (χ4v) is 4.03. The highest BCUT2D eigenvalue weighted by Gasteiger charge is 2.60. The molecule has 0 spiro atoms. The zero-order valence-electron chi connectivity index (χ0n) is 15.0. The van der Waals surface area contributed by atoms with Crippen LogP contribution in [0.1, 0.15) is 11.6 Å². The second kappa shape index (κ2) is 6.62. The van der Waals surface area contributed by atoms with Gasteiger partial charge in [0.05, 0.1) is 17.4 Å². The van der Waals surface area contributed by atoms with Crippen molar-refractivity contribution in [2.45, 2.75) is 12.1 Å². The van der Waals surface area contributed by atoms with Gasteiger partial charge in [-0.05, 0) is 29.8 Å². The molecule has 0 saturated carbocycles. The first kappa shape index (κ1) is 16.7. The van der Waals surface area contributed by atoms with Gasteiger partial charge in [-0.3, -0.25) is 14.4 Å². The summed E-state index contributed by atoms with van der Waals surface area (Å²) in [5, 5.41) is 1.71. The number of benzene rings is 3. The lowest BCUT2D eigenvalue weighted by Gasteiger charge is -2.28. The lowest BCUT2D eigenvalue weighted by molar-refractivity contribution is -0.126. The van der Waals surface area contributed by atoms with Crippen LogP contribution in [0.5, 0.6) is 0 Å². The van der Waals surface area contributed by atoms with E-state index in [4.69, 9.17) is 4.84 Å². The molecule has 3 aromatic carbocycles. The van der Waals surface area contributed by atoms with E-state index >= 15 is 0 Å². The quantitative estimate of drug-likeness (QED) is 0.659. The van der Waals surface area contributed by atoms with E-state index in [0.29, 0.717) is 5.69 Å². The lowest BCUT2D eigenvalue weighted by atomic mass is 9.90. The Balaban J connectivity index is 1.59. The molecule has 2 aliphatic rings. The van der Waals surface area contributed by atoms with Gasteiger partial charge in [-0.1, -0.05) is 66.7 Å². The largest absolute Gasteiger partial charge is 0.273 e. The molecule has 28 heavy (non-hydrogen) atoms. The number of hydrogen-bond acceptors (Lipinski definition) is 4. The molecule has 5 heteroatoms. The maximum atomic E-state index is 13.4. The minimum Gasteiger partial charge on any atom is -0.273 e. The molecule has 2 saturated heterocycles. The molecule has 2 aliphatic heterocycles. The number of fused-ring (bicyclic) bond motifs is 1. The standard InChI is InChI=1S/C23H18N2O3/c26-22-19-20(16-10-4-1-5-11-16)25(18-14-8-3-9-15-18)28-21(19)23(27)24(22)17-12-6-2-7-13-17/h1-15,19-21H/t19-,20+,21+/m0/s1. The van der Waals surface area contributed by atoms with Gasteiger partial charge in [-0.15, -0.1) is 0 Å². The van der Waals surface area contributed by atoms with Gasteiger partial charge in [0.25, 0.3) is 5.91 Å². The van der Waals surface area contributed by atoms with Crippen LogP contribution in [0.15, 0.2) is 91.0 Å². The van der Waals surface area contributed by atoms with E-state index in [-0.39, 0.29) is 17.9 Å². The Hall–Kier alpha value is -3.44. The Bertz CT molecular complexity index is 1010. The van der Waals surface area contributed by atoms with Crippen LogP contribution >= 0.6 is 0 Å². The predicted molar refractivity (Wildman–Crippen MR) is 105 cm³/mol. The zero-order valence-corrected chi connectivity index (χ0v) is 15.0. The molecule has 3 atom stereocenters. The first-order chi connectivity index (χ1) is 13.8. The first-order valence-electron chi connectivity index (χ1n) is 9.24. The van der Waals surface area contributed by atoms with Crippen molar-refractivity contribution >= 4 is 23.2 Å². The molecule has 3 aromatic rings. The molecule has 0 bridgehead atoms. The third-order valence-electron chi connectivity index (χ3n) is 5.28. The van der Waals surface area contributed by atoms with Gasteiger partial charge in [0, 0.05) is 0 Å². The van der Waals surface area contributed by atoms with Crippen molar-refractivity contribution in [3.63, 3.8) is 0 Å². The number of carbonyl (C=O) groups excluding carboxylic acids is 2. The summed E-state index contributed by atoms with van der Waals surface area (Å²) in [7, 11) is 0. The minimum atomic E-state index is -0.835. The summed E-state index contributed by atoms with van der Waals surface area (Å²) in [6, 6.07) is 28.0. The average molecular weight is 370 g/mol. The van der Waals surface area contributed by atoms with Crippen molar-refractivity contribution in [3.05, 3.63) is 96.6 Å². The van der Waals surface area contributed by atoms with Crippen LogP contribution in [0.3, 0.4) is 0 Å². The molecule has 5 nitrogen and oxygen atoms in total. The van der Waals surface area contributed by atoms with Gasteiger partial charge in [0.15, 0.2) is 6.10 Å². The van der Waals surface area contributed by atoms with Gasteiger partial charge >= 0.3 is 0 Å². The molecular weight excluding hydrogens is 352 g/mol. The Morgan fingerprint density at radius 2 is 1.18 bits per heavy atom. The summed E-state index contributed by atoms with van der Waals surface area (Å²) in [6.07, 6.45) is -0.835. The second-order valence-electron chi connectivity index (χ2n) is 6.92. The SMILES string of the molecule is O=C1[C@H]2[C@@H](c3ccccc3)N(c3ccccc3)O[C@H]2C(=O)N1c1ccccc1. The zero-order chi connectivity index (χ0) is 19.1. The summed E-state index contributed by atoms with van der Waals surface area (Å²) in [5.74, 6) is -1.15. The van der Waals surface area contributed by atoms with Crippen molar-refractivity contribution in [1.29, 1.82) is 0 Å². The number of hydrogen-bond donors (Lipinski definition) is 0. The average Bonchev–Trinajstić information content (AvgIpc) is 3.26. The highest BCUT2D eigenvalue weighted by molar-refractivity contribution is 6.23. The van der Waals surface area contributed by atoms with Crippen molar-refractivity contribution in [1.82, 2.24) is 0 Å². The summed E-state index contributed by atoms with van der Waals surface area (Å²) in [6.45, 7) is 0. The highest BCUT2D eigenvalue weighted by atomic mass is 16.7.